The molecule has 33 heavy (non-hydrogen) atoms. The standard InChI is InChI=1S/C24H26FN5O3/c1-2-31-14-23-26-27-24(30(23)18-6-8-21-22(11-18)33-15-32-21)28-12-19(13-28)29-9-3-4-16-10-17(25)5-7-20(16)29/h5-8,10-11,19H,2-4,9,12-15H2,1H3. The Morgan fingerprint density at radius 2 is 1.97 bits per heavy atom. The van der Waals surface area contributed by atoms with Crippen LogP contribution in [-0.2, 0) is 17.8 Å². The summed E-state index contributed by atoms with van der Waals surface area (Å²) in [5.41, 5.74) is 3.17. The summed E-state index contributed by atoms with van der Waals surface area (Å²) in [5.74, 6) is 2.82. The van der Waals surface area contributed by atoms with Gasteiger partial charge in [0.15, 0.2) is 17.3 Å². The molecule has 2 aromatic carbocycles. The Hall–Kier alpha value is -3.33. The maximum absolute atomic E-state index is 13.7. The van der Waals surface area contributed by atoms with Crippen LogP contribution in [-0.4, -0.2) is 53.8 Å². The molecule has 0 spiro atoms. The highest BCUT2D eigenvalue weighted by molar-refractivity contribution is 5.59. The third-order valence-electron chi connectivity index (χ3n) is 6.54. The van der Waals surface area contributed by atoms with Gasteiger partial charge in [0.25, 0.3) is 0 Å². The van der Waals surface area contributed by atoms with Gasteiger partial charge in [-0.1, -0.05) is 0 Å². The van der Waals surface area contributed by atoms with Gasteiger partial charge in [-0.05, 0) is 55.7 Å². The molecule has 172 valence electrons. The average Bonchev–Trinajstić information content (AvgIpc) is 3.43. The van der Waals surface area contributed by atoms with E-state index in [1.165, 1.54) is 0 Å². The minimum absolute atomic E-state index is 0.163. The number of aromatic nitrogens is 3. The Morgan fingerprint density at radius 3 is 2.85 bits per heavy atom. The summed E-state index contributed by atoms with van der Waals surface area (Å²) < 4.78 is 32.4. The van der Waals surface area contributed by atoms with Crippen molar-refractivity contribution in [2.24, 2.45) is 0 Å². The van der Waals surface area contributed by atoms with E-state index >= 15 is 0 Å². The van der Waals surface area contributed by atoms with Gasteiger partial charge in [0.2, 0.25) is 12.7 Å². The van der Waals surface area contributed by atoms with E-state index in [0.29, 0.717) is 25.0 Å². The van der Waals surface area contributed by atoms with E-state index < -0.39 is 0 Å². The van der Waals surface area contributed by atoms with Gasteiger partial charge in [-0.15, -0.1) is 10.2 Å². The van der Waals surface area contributed by atoms with Crippen molar-refractivity contribution in [2.45, 2.75) is 32.4 Å². The number of halogens is 1. The van der Waals surface area contributed by atoms with Crippen LogP contribution in [0.3, 0.4) is 0 Å². The molecule has 0 atom stereocenters. The number of ether oxygens (including phenoxy) is 3. The van der Waals surface area contributed by atoms with Crippen LogP contribution in [0.4, 0.5) is 16.0 Å². The molecule has 3 aliphatic rings. The summed E-state index contributed by atoms with van der Waals surface area (Å²) in [6.07, 6.45) is 1.97. The lowest BCUT2D eigenvalue weighted by molar-refractivity contribution is 0.127. The molecule has 3 aromatic rings. The van der Waals surface area contributed by atoms with E-state index in [4.69, 9.17) is 14.2 Å². The summed E-state index contributed by atoms with van der Waals surface area (Å²) >= 11 is 0. The lowest BCUT2D eigenvalue weighted by atomic mass is 9.97. The van der Waals surface area contributed by atoms with Gasteiger partial charge < -0.3 is 24.0 Å². The highest BCUT2D eigenvalue weighted by Gasteiger charge is 2.37. The van der Waals surface area contributed by atoms with Gasteiger partial charge in [-0.3, -0.25) is 4.57 Å². The first kappa shape index (κ1) is 20.3. The molecule has 8 nitrogen and oxygen atoms in total. The Bertz CT molecular complexity index is 1180. The number of fused-ring (bicyclic) bond motifs is 2. The molecule has 1 saturated heterocycles. The Labute approximate surface area is 191 Å². The SMILES string of the molecule is CCOCc1nnc(N2CC(N3CCCc4cc(F)ccc43)C2)n1-c1ccc2c(c1)OCO2. The van der Waals surface area contributed by atoms with Crippen LogP contribution >= 0.6 is 0 Å². The van der Waals surface area contributed by atoms with Crippen molar-refractivity contribution < 1.29 is 18.6 Å². The maximum atomic E-state index is 13.7. The molecular weight excluding hydrogens is 425 g/mol. The van der Waals surface area contributed by atoms with Gasteiger partial charge >= 0.3 is 0 Å². The Kier molecular flexibility index (Phi) is 5.05. The van der Waals surface area contributed by atoms with E-state index in [0.717, 1.165) is 66.9 Å². The molecular formula is C24H26FN5O3. The van der Waals surface area contributed by atoms with Crippen molar-refractivity contribution in [3.8, 4) is 17.2 Å². The second-order valence-corrected chi connectivity index (χ2v) is 8.56. The molecule has 0 amide bonds. The first-order valence-electron chi connectivity index (χ1n) is 11.4. The number of nitrogens with zero attached hydrogens (tertiary/aromatic N) is 5. The van der Waals surface area contributed by atoms with Gasteiger partial charge in [0, 0.05) is 38.0 Å². The number of rotatable bonds is 6. The van der Waals surface area contributed by atoms with Crippen LogP contribution in [0.25, 0.3) is 5.69 Å². The molecule has 0 bridgehead atoms. The summed E-state index contributed by atoms with van der Waals surface area (Å²) in [7, 11) is 0. The second-order valence-electron chi connectivity index (χ2n) is 8.56. The van der Waals surface area contributed by atoms with Crippen molar-refractivity contribution in [3.63, 3.8) is 0 Å². The maximum Gasteiger partial charge on any atom is 0.232 e. The molecule has 4 heterocycles. The molecule has 1 fully saturated rings. The van der Waals surface area contributed by atoms with E-state index in [-0.39, 0.29) is 12.6 Å². The third kappa shape index (κ3) is 3.56. The minimum atomic E-state index is -0.163. The van der Waals surface area contributed by atoms with E-state index in [9.17, 15) is 4.39 Å². The summed E-state index contributed by atoms with van der Waals surface area (Å²) in [5, 5.41) is 8.94. The molecule has 0 unspecified atom stereocenters. The average molecular weight is 452 g/mol. The fraction of sp³-hybridized carbons (Fsp3) is 0.417. The molecule has 0 aliphatic carbocycles. The molecule has 0 N–H and O–H groups in total. The molecule has 0 saturated carbocycles. The topological polar surface area (TPSA) is 64.9 Å². The molecule has 9 heteroatoms. The number of anilines is 2. The number of aryl methyl sites for hydroxylation is 1. The van der Waals surface area contributed by atoms with Gasteiger partial charge in [0.1, 0.15) is 12.4 Å². The normalized spacial score (nSPS) is 17.3. The summed E-state index contributed by atoms with van der Waals surface area (Å²) in [6, 6.07) is 11.4. The number of hydrogen-bond acceptors (Lipinski definition) is 7. The highest BCUT2D eigenvalue weighted by Crippen LogP contribution is 2.37. The van der Waals surface area contributed by atoms with Crippen molar-refractivity contribution in [3.05, 3.63) is 53.6 Å². The molecule has 3 aliphatic heterocycles. The summed E-state index contributed by atoms with van der Waals surface area (Å²) in [4.78, 5) is 4.65. The zero-order valence-corrected chi connectivity index (χ0v) is 18.5. The van der Waals surface area contributed by atoms with Crippen LogP contribution in [0.5, 0.6) is 11.5 Å². The zero-order chi connectivity index (χ0) is 22.4. The fourth-order valence-corrected chi connectivity index (χ4v) is 4.88. The van der Waals surface area contributed by atoms with Gasteiger partial charge in [-0.2, -0.15) is 0 Å². The molecule has 0 radical (unpaired) electrons. The lowest BCUT2D eigenvalue weighted by Gasteiger charge is -2.48. The van der Waals surface area contributed by atoms with Crippen LogP contribution in [0.1, 0.15) is 24.7 Å². The predicted octanol–water partition coefficient (Wildman–Crippen LogP) is 3.31. The van der Waals surface area contributed by atoms with Crippen molar-refractivity contribution in [1.82, 2.24) is 14.8 Å². The van der Waals surface area contributed by atoms with Crippen molar-refractivity contribution in [1.29, 1.82) is 0 Å². The largest absolute Gasteiger partial charge is 0.454 e. The van der Waals surface area contributed by atoms with Gasteiger partial charge in [-0.25, -0.2) is 4.39 Å². The first-order chi connectivity index (χ1) is 16.2. The third-order valence-corrected chi connectivity index (χ3v) is 6.54. The van der Waals surface area contributed by atoms with Crippen molar-refractivity contribution in [2.75, 3.05) is 42.8 Å². The first-order valence-corrected chi connectivity index (χ1v) is 11.4. The zero-order valence-electron chi connectivity index (χ0n) is 18.5. The van der Waals surface area contributed by atoms with Crippen LogP contribution in [0.2, 0.25) is 0 Å². The van der Waals surface area contributed by atoms with Crippen LogP contribution in [0, 0.1) is 5.82 Å². The fourth-order valence-electron chi connectivity index (χ4n) is 4.88. The van der Waals surface area contributed by atoms with Crippen molar-refractivity contribution >= 4 is 11.6 Å². The van der Waals surface area contributed by atoms with E-state index in [1.54, 1.807) is 12.1 Å². The number of benzene rings is 2. The Balaban J connectivity index is 1.27. The van der Waals surface area contributed by atoms with Crippen LogP contribution < -0.4 is 19.3 Å². The smallest absolute Gasteiger partial charge is 0.232 e. The quantitative estimate of drug-likeness (QED) is 0.570. The number of hydrogen-bond donors (Lipinski definition) is 0. The monoisotopic (exact) mass is 451 g/mol. The minimum Gasteiger partial charge on any atom is -0.454 e. The second kappa shape index (κ2) is 8.22. The van der Waals surface area contributed by atoms with Crippen LogP contribution in [0.15, 0.2) is 36.4 Å². The molecule has 1 aromatic heterocycles. The lowest BCUT2D eigenvalue weighted by Crippen LogP contribution is -2.61. The highest BCUT2D eigenvalue weighted by atomic mass is 19.1. The summed E-state index contributed by atoms with van der Waals surface area (Å²) in [6.45, 7) is 5.81. The molecule has 6 rings (SSSR count). The van der Waals surface area contributed by atoms with E-state index in [1.807, 2.05) is 35.8 Å². The Morgan fingerprint density at radius 1 is 1.09 bits per heavy atom. The van der Waals surface area contributed by atoms with Gasteiger partial charge in [0.05, 0.1) is 11.7 Å². The van der Waals surface area contributed by atoms with E-state index in [2.05, 4.69) is 20.0 Å². The predicted molar refractivity (Wildman–Crippen MR) is 121 cm³/mol.